The van der Waals surface area contributed by atoms with Crippen LogP contribution in [-0.4, -0.2) is 18.1 Å². The molecule has 3 nitrogen and oxygen atoms in total. The van der Waals surface area contributed by atoms with Crippen molar-refractivity contribution in [1.82, 2.24) is 4.98 Å². The number of ether oxygens (including phenoxy) is 1. The summed E-state index contributed by atoms with van der Waals surface area (Å²) < 4.78 is 4.99. The normalized spacial score (nSPS) is 11.8. The predicted molar refractivity (Wildman–Crippen MR) is 54.1 cm³/mol. The van der Waals surface area contributed by atoms with Gasteiger partial charge in [0.25, 0.3) is 0 Å². The average Bonchev–Trinajstić information content (AvgIpc) is 2.19. The lowest BCUT2D eigenvalue weighted by Crippen LogP contribution is -2.12. The van der Waals surface area contributed by atoms with E-state index in [2.05, 4.69) is 16.9 Å². The highest BCUT2D eigenvalue weighted by molar-refractivity contribution is 5.39. The fourth-order valence-corrected chi connectivity index (χ4v) is 0.879. The Morgan fingerprint density at radius 2 is 2.38 bits per heavy atom. The molecule has 0 aliphatic heterocycles. The molecule has 0 bridgehead atoms. The van der Waals surface area contributed by atoms with Crippen molar-refractivity contribution >= 4 is 5.82 Å². The summed E-state index contributed by atoms with van der Waals surface area (Å²) in [4.78, 5) is 4.15. The van der Waals surface area contributed by atoms with E-state index in [0.29, 0.717) is 0 Å². The number of anilines is 1. The SMILES string of the molecule is C=CC(C)Nc1ccc(OC)cn1. The number of nitrogens with zero attached hydrogens (tertiary/aromatic N) is 1. The van der Waals surface area contributed by atoms with Gasteiger partial charge in [-0.05, 0) is 19.1 Å². The summed E-state index contributed by atoms with van der Waals surface area (Å²) in [7, 11) is 1.62. The van der Waals surface area contributed by atoms with Gasteiger partial charge in [-0.2, -0.15) is 0 Å². The maximum Gasteiger partial charge on any atom is 0.137 e. The second kappa shape index (κ2) is 4.50. The predicted octanol–water partition coefficient (Wildman–Crippen LogP) is 2.08. The second-order valence-corrected chi connectivity index (χ2v) is 2.75. The van der Waals surface area contributed by atoms with Gasteiger partial charge in [-0.15, -0.1) is 6.58 Å². The Hall–Kier alpha value is -1.51. The molecule has 3 heteroatoms. The lowest BCUT2D eigenvalue weighted by Gasteiger charge is -2.09. The standard InChI is InChI=1S/C10H14N2O/c1-4-8(2)12-10-6-5-9(13-3)7-11-10/h4-8H,1H2,2-3H3,(H,11,12). The maximum atomic E-state index is 4.99. The molecule has 0 amide bonds. The van der Waals surface area contributed by atoms with Crippen molar-refractivity contribution in [2.24, 2.45) is 0 Å². The van der Waals surface area contributed by atoms with E-state index in [1.807, 2.05) is 25.1 Å². The van der Waals surface area contributed by atoms with Crippen molar-refractivity contribution in [3.8, 4) is 5.75 Å². The third-order valence-corrected chi connectivity index (χ3v) is 1.70. The number of nitrogens with one attached hydrogen (secondary N) is 1. The second-order valence-electron chi connectivity index (χ2n) is 2.75. The molecule has 70 valence electrons. The summed E-state index contributed by atoms with van der Waals surface area (Å²) in [5.41, 5.74) is 0. The fourth-order valence-electron chi connectivity index (χ4n) is 0.879. The Bertz CT molecular complexity index is 269. The van der Waals surface area contributed by atoms with Gasteiger partial charge >= 0.3 is 0 Å². The van der Waals surface area contributed by atoms with Crippen LogP contribution in [0.15, 0.2) is 31.0 Å². The van der Waals surface area contributed by atoms with Crippen LogP contribution >= 0.6 is 0 Å². The van der Waals surface area contributed by atoms with E-state index < -0.39 is 0 Å². The molecule has 1 N–H and O–H groups in total. The van der Waals surface area contributed by atoms with Crippen LogP contribution in [0.25, 0.3) is 0 Å². The number of hydrogen-bond donors (Lipinski definition) is 1. The molecule has 0 saturated heterocycles. The smallest absolute Gasteiger partial charge is 0.137 e. The van der Waals surface area contributed by atoms with Gasteiger partial charge in [0, 0.05) is 6.04 Å². The van der Waals surface area contributed by atoms with E-state index in [1.165, 1.54) is 0 Å². The highest BCUT2D eigenvalue weighted by Gasteiger charge is 1.97. The van der Waals surface area contributed by atoms with E-state index in [1.54, 1.807) is 13.3 Å². The van der Waals surface area contributed by atoms with Crippen LogP contribution in [0.3, 0.4) is 0 Å². The van der Waals surface area contributed by atoms with E-state index in [0.717, 1.165) is 11.6 Å². The Labute approximate surface area is 78.4 Å². The molecule has 1 aromatic heterocycles. The molecule has 0 radical (unpaired) electrons. The van der Waals surface area contributed by atoms with E-state index in [4.69, 9.17) is 4.74 Å². The zero-order valence-electron chi connectivity index (χ0n) is 7.95. The molecule has 1 aromatic rings. The number of methoxy groups -OCH3 is 1. The first-order chi connectivity index (χ1) is 6.26. The minimum absolute atomic E-state index is 0.223. The van der Waals surface area contributed by atoms with Crippen molar-refractivity contribution in [3.63, 3.8) is 0 Å². The first kappa shape index (κ1) is 9.58. The molecule has 0 spiro atoms. The van der Waals surface area contributed by atoms with Gasteiger partial charge in [0.05, 0.1) is 13.3 Å². The van der Waals surface area contributed by atoms with Crippen LogP contribution in [0.4, 0.5) is 5.82 Å². The molecular weight excluding hydrogens is 164 g/mol. The Kier molecular flexibility index (Phi) is 3.31. The van der Waals surface area contributed by atoms with Crippen LogP contribution in [0.1, 0.15) is 6.92 Å². The van der Waals surface area contributed by atoms with Crippen LogP contribution in [-0.2, 0) is 0 Å². The maximum absolute atomic E-state index is 4.99. The zero-order chi connectivity index (χ0) is 9.68. The van der Waals surface area contributed by atoms with Crippen LogP contribution in [0.2, 0.25) is 0 Å². The van der Waals surface area contributed by atoms with Crippen LogP contribution in [0, 0.1) is 0 Å². The van der Waals surface area contributed by atoms with Gasteiger partial charge in [-0.1, -0.05) is 6.08 Å². The largest absolute Gasteiger partial charge is 0.495 e. The van der Waals surface area contributed by atoms with Gasteiger partial charge < -0.3 is 10.1 Å². The Morgan fingerprint density at radius 3 is 2.85 bits per heavy atom. The summed E-state index contributed by atoms with van der Waals surface area (Å²) in [5, 5.41) is 3.16. The van der Waals surface area contributed by atoms with Crippen molar-refractivity contribution < 1.29 is 4.74 Å². The molecule has 0 saturated carbocycles. The number of rotatable bonds is 4. The van der Waals surface area contributed by atoms with Gasteiger partial charge in [0.2, 0.25) is 0 Å². The molecule has 0 aliphatic carbocycles. The highest BCUT2D eigenvalue weighted by atomic mass is 16.5. The molecular formula is C10H14N2O. The van der Waals surface area contributed by atoms with Gasteiger partial charge in [0.15, 0.2) is 0 Å². The first-order valence-corrected chi connectivity index (χ1v) is 4.15. The lowest BCUT2D eigenvalue weighted by atomic mass is 10.3. The number of pyridine rings is 1. The molecule has 1 heterocycles. The third-order valence-electron chi connectivity index (χ3n) is 1.70. The summed E-state index contributed by atoms with van der Waals surface area (Å²) in [6.45, 7) is 5.69. The first-order valence-electron chi connectivity index (χ1n) is 4.15. The highest BCUT2D eigenvalue weighted by Crippen LogP contribution is 2.11. The Balaban J connectivity index is 2.63. The van der Waals surface area contributed by atoms with Crippen LogP contribution < -0.4 is 10.1 Å². The number of aromatic nitrogens is 1. The van der Waals surface area contributed by atoms with Crippen molar-refractivity contribution in [3.05, 3.63) is 31.0 Å². The number of hydrogen-bond acceptors (Lipinski definition) is 3. The average molecular weight is 178 g/mol. The molecule has 0 aliphatic rings. The van der Waals surface area contributed by atoms with Crippen molar-refractivity contribution in [2.45, 2.75) is 13.0 Å². The summed E-state index contributed by atoms with van der Waals surface area (Å²) in [6.07, 6.45) is 3.50. The molecule has 13 heavy (non-hydrogen) atoms. The van der Waals surface area contributed by atoms with E-state index in [9.17, 15) is 0 Å². The fraction of sp³-hybridized carbons (Fsp3) is 0.300. The molecule has 0 aromatic carbocycles. The topological polar surface area (TPSA) is 34.1 Å². The van der Waals surface area contributed by atoms with Gasteiger partial charge in [-0.25, -0.2) is 4.98 Å². The lowest BCUT2D eigenvalue weighted by molar-refractivity contribution is 0.413. The van der Waals surface area contributed by atoms with Gasteiger partial charge in [-0.3, -0.25) is 0 Å². The third kappa shape index (κ3) is 2.78. The van der Waals surface area contributed by atoms with Crippen LogP contribution in [0.5, 0.6) is 5.75 Å². The monoisotopic (exact) mass is 178 g/mol. The molecule has 1 rings (SSSR count). The van der Waals surface area contributed by atoms with Crippen molar-refractivity contribution in [2.75, 3.05) is 12.4 Å². The molecule has 0 fully saturated rings. The van der Waals surface area contributed by atoms with E-state index >= 15 is 0 Å². The zero-order valence-corrected chi connectivity index (χ0v) is 7.95. The summed E-state index contributed by atoms with van der Waals surface area (Å²) in [5.74, 6) is 1.59. The van der Waals surface area contributed by atoms with E-state index in [-0.39, 0.29) is 6.04 Å². The summed E-state index contributed by atoms with van der Waals surface area (Å²) in [6, 6.07) is 3.96. The van der Waals surface area contributed by atoms with Crippen molar-refractivity contribution in [1.29, 1.82) is 0 Å². The minimum atomic E-state index is 0.223. The minimum Gasteiger partial charge on any atom is -0.495 e. The Morgan fingerprint density at radius 1 is 1.62 bits per heavy atom. The quantitative estimate of drug-likeness (QED) is 0.717. The van der Waals surface area contributed by atoms with Gasteiger partial charge in [0.1, 0.15) is 11.6 Å². The molecule has 1 unspecified atom stereocenters. The molecule has 1 atom stereocenters. The summed E-state index contributed by atoms with van der Waals surface area (Å²) >= 11 is 0.